The molecule has 1 aromatic carbocycles. The normalized spacial score (nSPS) is 10.8. The van der Waals surface area contributed by atoms with Gasteiger partial charge in [-0.2, -0.15) is 0 Å². The smallest absolute Gasteiger partial charge is 0.0657 e. The number of hydrogen-bond donors (Lipinski definition) is 2. The predicted molar refractivity (Wildman–Crippen MR) is 72.1 cm³/mol. The maximum Gasteiger partial charge on any atom is 0.0657 e. The minimum absolute atomic E-state index is 0.680. The second kappa shape index (κ2) is 6.61. The summed E-state index contributed by atoms with van der Waals surface area (Å²) in [4.78, 5) is 2.36. The van der Waals surface area contributed by atoms with Crippen LogP contribution < -0.4 is 11.1 Å². The van der Waals surface area contributed by atoms with Crippen molar-refractivity contribution in [2.45, 2.75) is 13.8 Å². The van der Waals surface area contributed by atoms with Crippen LogP contribution in [-0.2, 0) is 0 Å². The number of hydrogen-bond acceptors (Lipinski definition) is 3. The first-order valence-corrected chi connectivity index (χ1v) is 6.06. The van der Waals surface area contributed by atoms with Crippen molar-refractivity contribution in [2.24, 2.45) is 0 Å². The van der Waals surface area contributed by atoms with Gasteiger partial charge in [-0.25, -0.2) is 0 Å². The molecule has 0 saturated carbocycles. The average molecular weight is 242 g/mol. The molecular formula is C12H20ClN3. The number of nitrogens with zero attached hydrogens (tertiary/aromatic N) is 1. The van der Waals surface area contributed by atoms with E-state index in [1.807, 2.05) is 12.1 Å². The fraction of sp³-hybridized carbons (Fsp3) is 0.500. The number of nitrogens with one attached hydrogen (secondary N) is 1. The molecule has 1 rings (SSSR count). The van der Waals surface area contributed by atoms with Gasteiger partial charge >= 0.3 is 0 Å². The Morgan fingerprint density at radius 3 is 2.56 bits per heavy atom. The Morgan fingerprint density at radius 2 is 2.00 bits per heavy atom. The van der Waals surface area contributed by atoms with Crippen molar-refractivity contribution < 1.29 is 0 Å². The summed E-state index contributed by atoms with van der Waals surface area (Å²) in [5.74, 6) is 0. The third kappa shape index (κ3) is 3.91. The van der Waals surface area contributed by atoms with Crippen LogP contribution in [0.1, 0.15) is 13.8 Å². The van der Waals surface area contributed by atoms with Crippen molar-refractivity contribution in [3.8, 4) is 0 Å². The van der Waals surface area contributed by atoms with Crippen molar-refractivity contribution in [1.29, 1.82) is 0 Å². The molecule has 0 aliphatic heterocycles. The van der Waals surface area contributed by atoms with E-state index in [0.29, 0.717) is 10.7 Å². The van der Waals surface area contributed by atoms with Gasteiger partial charge in [-0.05, 0) is 31.3 Å². The minimum atomic E-state index is 0.680. The van der Waals surface area contributed by atoms with Crippen molar-refractivity contribution in [3.05, 3.63) is 23.2 Å². The quantitative estimate of drug-likeness (QED) is 0.753. The lowest BCUT2D eigenvalue weighted by Crippen LogP contribution is -2.28. The highest BCUT2D eigenvalue weighted by molar-refractivity contribution is 6.33. The zero-order valence-corrected chi connectivity index (χ0v) is 10.7. The number of halogens is 1. The van der Waals surface area contributed by atoms with Crippen LogP contribution in [0.15, 0.2) is 18.2 Å². The number of benzene rings is 1. The second-order valence-electron chi connectivity index (χ2n) is 3.69. The van der Waals surface area contributed by atoms with Gasteiger partial charge in [0.1, 0.15) is 0 Å². The van der Waals surface area contributed by atoms with Crippen LogP contribution in [0, 0.1) is 0 Å². The fourth-order valence-corrected chi connectivity index (χ4v) is 1.82. The van der Waals surface area contributed by atoms with E-state index in [1.165, 1.54) is 0 Å². The van der Waals surface area contributed by atoms with E-state index in [0.717, 1.165) is 31.9 Å². The summed E-state index contributed by atoms with van der Waals surface area (Å²) in [5.41, 5.74) is 7.27. The Morgan fingerprint density at radius 1 is 1.31 bits per heavy atom. The molecule has 0 bridgehead atoms. The topological polar surface area (TPSA) is 41.3 Å². The summed E-state index contributed by atoms with van der Waals surface area (Å²) in [6, 6.07) is 5.53. The van der Waals surface area contributed by atoms with E-state index in [9.17, 15) is 0 Å². The van der Waals surface area contributed by atoms with E-state index in [-0.39, 0.29) is 0 Å². The Bertz CT molecular complexity index is 324. The number of anilines is 2. The van der Waals surface area contributed by atoms with Gasteiger partial charge in [0.15, 0.2) is 0 Å². The first kappa shape index (κ1) is 13.1. The van der Waals surface area contributed by atoms with Crippen molar-refractivity contribution in [3.63, 3.8) is 0 Å². The van der Waals surface area contributed by atoms with E-state index in [2.05, 4.69) is 24.1 Å². The Labute approximate surface area is 103 Å². The van der Waals surface area contributed by atoms with Crippen LogP contribution in [-0.4, -0.2) is 31.1 Å². The van der Waals surface area contributed by atoms with Gasteiger partial charge in [0.2, 0.25) is 0 Å². The first-order chi connectivity index (χ1) is 7.67. The maximum absolute atomic E-state index is 6.06. The van der Waals surface area contributed by atoms with Gasteiger partial charge in [-0.3, -0.25) is 0 Å². The zero-order chi connectivity index (χ0) is 12.0. The molecular weight excluding hydrogens is 222 g/mol. The number of nitrogen functional groups attached to an aromatic ring is 1. The van der Waals surface area contributed by atoms with Crippen LogP contribution in [0.3, 0.4) is 0 Å². The minimum Gasteiger partial charge on any atom is -0.399 e. The SMILES string of the molecule is CCN(CC)CCNc1ccc(N)cc1Cl. The molecule has 3 nitrogen and oxygen atoms in total. The van der Waals surface area contributed by atoms with Crippen molar-refractivity contribution >= 4 is 23.0 Å². The lowest BCUT2D eigenvalue weighted by atomic mass is 10.3. The van der Waals surface area contributed by atoms with Crippen LogP contribution >= 0.6 is 11.6 Å². The summed E-state index contributed by atoms with van der Waals surface area (Å²) in [6.07, 6.45) is 0. The van der Waals surface area contributed by atoms with E-state index in [4.69, 9.17) is 17.3 Å². The summed E-state index contributed by atoms with van der Waals surface area (Å²) in [6.45, 7) is 8.40. The summed E-state index contributed by atoms with van der Waals surface area (Å²) >= 11 is 6.06. The number of likely N-dealkylation sites (N-methyl/N-ethyl adjacent to an activating group) is 1. The van der Waals surface area contributed by atoms with E-state index in [1.54, 1.807) is 6.07 Å². The maximum atomic E-state index is 6.06. The van der Waals surface area contributed by atoms with Crippen molar-refractivity contribution in [2.75, 3.05) is 37.2 Å². The molecule has 3 N–H and O–H groups in total. The average Bonchev–Trinajstić information content (AvgIpc) is 2.27. The number of nitrogens with two attached hydrogens (primary N) is 1. The Balaban J connectivity index is 2.42. The van der Waals surface area contributed by atoms with Crippen molar-refractivity contribution in [1.82, 2.24) is 4.90 Å². The largest absolute Gasteiger partial charge is 0.399 e. The molecule has 0 amide bonds. The standard InChI is InChI=1S/C12H20ClN3/c1-3-16(4-2)8-7-15-12-6-5-10(14)9-11(12)13/h5-6,9,15H,3-4,7-8,14H2,1-2H3. The predicted octanol–water partition coefficient (Wildman–Crippen LogP) is 2.68. The molecule has 0 unspecified atom stereocenters. The molecule has 0 heterocycles. The highest BCUT2D eigenvalue weighted by Crippen LogP contribution is 2.23. The monoisotopic (exact) mass is 241 g/mol. The molecule has 0 spiro atoms. The van der Waals surface area contributed by atoms with Gasteiger partial charge in [-0.15, -0.1) is 0 Å². The molecule has 16 heavy (non-hydrogen) atoms. The fourth-order valence-electron chi connectivity index (χ4n) is 1.56. The summed E-state index contributed by atoms with van der Waals surface area (Å²) < 4.78 is 0. The molecule has 0 aliphatic carbocycles. The molecule has 0 aliphatic rings. The highest BCUT2D eigenvalue weighted by Gasteiger charge is 2.01. The zero-order valence-electron chi connectivity index (χ0n) is 9.96. The van der Waals surface area contributed by atoms with Crippen LogP contribution in [0.25, 0.3) is 0 Å². The van der Waals surface area contributed by atoms with Gasteiger partial charge < -0.3 is 16.0 Å². The lowest BCUT2D eigenvalue weighted by molar-refractivity contribution is 0.316. The van der Waals surface area contributed by atoms with Crippen LogP contribution in [0.5, 0.6) is 0 Å². The van der Waals surface area contributed by atoms with E-state index >= 15 is 0 Å². The third-order valence-electron chi connectivity index (χ3n) is 2.63. The molecule has 1 aromatic rings. The Kier molecular flexibility index (Phi) is 5.43. The van der Waals surface area contributed by atoms with Gasteiger partial charge in [0.25, 0.3) is 0 Å². The Hall–Kier alpha value is -0.930. The molecule has 90 valence electrons. The molecule has 0 saturated heterocycles. The highest BCUT2D eigenvalue weighted by atomic mass is 35.5. The molecule has 0 aromatic heterocycles. The van der Waals surface area contributed by atoms with Crippen LogP contribution in [0.2, 0.25) is 5.02 Å². The molecule has 0 atom stereocenters. The first-order valence-electron chi connectivity index (χ1n) is 5.68. The molecule has 4 heteroatoms. The van der Waals surface area contributed by atoms with E-state index < -0.39 is 0 Å². The van der Waals surface area contributed by atoms with Gasteiger partial charge in [0.05, 0.1) is 10.7 Å². The number of rotatable bonds is 6. The summed E-state index contributed by atoms with van der Waals surface area (Å²) in [5, 5.41) is 3.99. The van der Waals surface area contributed by atoms with Gasteiger partial charge in [0, 0.05) is 18.8 Å². The molecule has 0 fully saturated rings. The third-order valence-corrected chi connectivity index (χ3v) is 2.94. The lowest BCUT2D eigenvalue weighted by Gasteiger charge is -2.18. The second-order valence-corrected chi connectivity index (χ2v) is 4.10. The summed E-state index contributed by atoms with van der Waals surface area (Å²) in [7, 11) is 0. The van der Waals surface area contributed by atoms with Gasteiger partial charge in [-0.1, -0.05) is 25.4 Å². The van der Waals surface area contributed by atoms with Crippen LogP contribution in [0.4, 0.5) is 11.4 Å². The molecule has 0 radical (unpaired) electrons.